The number of hydrogen-bond donors (Lipinski definition) is 0. The lowest BCUT2D eigenvalue weighted by atomic mass is 9.98. The summed E-state index contributed by atoms with van der Waals surface area (Å²) in [5.41, 5.74) is 0. The van der Waals surface area contributed by atoms with Gasteiger partial charge in [-0.05, 0) is 18.8 Å². The lowest BCUT2D eigenvalue weighted by molar-refractivity contribution is -0.134. The van der Waals surface area contributed by atoms with Crippen LogP contribution in [0.3, 0.4) is 0 Å². The molecule has 0 spiro atoms. The Morgan fingerprint density at radius 1 is 1.06 bits per heavy atom. The second kappa shape index (κ2) is 9.41. The molecule has 1 saturated heterocycles. The monoisotopic (exact) mass is 253 g/mol. The third-order valence-electron chi connectivity index (χ3n) is 4.05. The van der Waals surface area contributed by atoms with E-state index < -0.39 is 0 Å². The largest absolute Gasteiger partial charge is 0.343 e. The molecule has 0 aromatic rings. The van der Waals surface area contributed by atoms with Crippen LogP contribution in [0, 0.1) is 5.92 Å². The van der Waals surface area contributed by atoms with Gasteiger partial charge in [0.1, 0.15) is 0 Å². The van der Waals surface area contributed by atoms with E-state index in [2.05, 4.69) is 18.7 Å². The summed E-state index contributed by atoms with van der Waals surface area (Å²) in [7, 11) is 0. The Labute approximate surface area is 113 Å². The number of rotatable bonds is 9. The zero-order valence-corrected chi connectivity index (χ0v) is 12.4. The molecule has 106 valence electrons. The lowest BCUT2D eigenvalue weighted by Gasteiger charge is -2.30. The van der Waals surface area contributed by atoms with Gasteiger partial charge in [-0.15, -0.1) is 0 Å². The summed E-state index contributed by atoms with van der Waals surface area (Å²) in [6, 6.07) is 0. The number of likely N-dealkylation sites (tertiary alicyclic amines) is 1. The average Bonchev–Trinajstić information content (AvgIpc) is 2.35. The molecule has 1 amide bonds. The number of piperidine rings is 1. The van der Waals surface area contributed by atoms with Crippen LogP contribution < -0.4 is 0 Å². The van der Waals surface area contributed by atoms with Crippen molar-refractivity contribution in [2.45, 2.75) is 78.1 Å². The maximum atomic E-state index is 11.8. The van der Waals surface area contributed by atoms with E-state index in [0.29, 0.717) is 11.8 Å². The first kappa shape index (κ1) is 15.5. The van der Waals surface area contributed by atoms with Gasteiger partial charge in [-0.3, -0.25) is 4.79 Å². The molecule has 18 heavy (non-hydrogen) atoms. The van der Waals surface area contributed by atoms with Gasteiger partial charge in [0.15, 0.2) is 0 Å². The quantitative estimate of drug-likeness (QED) is 0.558. The predicted octanol–water partition coefficient (Wildman–Crippen LogP) is 4.39. The lowest BCUT2D eigenvalue weighted by Crippen LogP contribution is -2.38. The Morgan fingerprint density at radius 2 is 1.67 bits per heavy atom. The summed E-state index contributed by atoms with van der Waals surface area (Å²) in [4.78, 5) is 13.8. The van der Waals surface area contributed by atoms with Gasteiger partial charge < -0.3 is 4.90 Å². The summed E-state index contributed by atoms with van der Waals surface area (Å²) < 4.78 is 0. The first-order valence-electron chi connectivity index (χ1n) is 8.01. The Hall–Kier alpha value is -0.530. The third-order valence-corrected chi connectivity index (χ3v) is 4.05. The van der Waals surface area contributed by atoms with Crippen LogP contribution in [0.4, 0.5) is 0 Å². The Morgan fingerprint density at radius 3 is 2.28 bits per heavy atom. The molecule has 0 aromatic carbocycles. The van der Waals surface area contributed by atoms with Gasteiger partial charge in [0.25, 0.3) is 0 Å². The standard InChI is InChI=1S/C16H31NO/c1-3-4-5-6-7-8-9-10-12-17-13-11-15(2)14-16(17)18/h15H,3-14H2,1-2H3. The molecule has 0 N–H and O–H groups in total. The predicted molar refractivity (Wildman–Crippen MR) is 77.6 cm³/mol. The van der Waals surface area contributed by atoms with Crippen LogP contribution in [0.2, 0.25) is 0 Å². The van der Waals surface area contributed by atoms with Crippen LogP contribution >= 0.6 is 0 Å². The number of amides is 1. The maximum Gasteiger partial charge on any atom is 0.222 e. The van der Waals surface area contributed by atoms with Crippen molar-refractivity contribution in [3.63, 3.8) is 0 Å². The maximum absolute atomic E-state index is 11.8. The summed E-state index contributed by atoms with van der Waals surface area (Å²) >= 11 is 0. The van der Waals surface area contributed by atoms with Crippen LogP contribution in [0.5, 0.6) is 0 Å². The molecule has 0 bridgehead atoms. The zero-order chi connectivity index (χ0) is 13.2. The molecular weight excluding hydrogens is 222 g/mol. The van der Waals surface area contributed by atoms with Crippen LogP contribution in [0.15, 0.2) is 0 Å². The van der Waals surface area contributed by atoms with E-state index in [9.17, 15) is 4.79 Å². The number of carbonyl (C=O) groups is 1. The fourth-order valence-electron chi connectivity index (χ4n) is 2.70. The van der Waals surface area contributed by atoms with E-state index in [4.69, 9.17) is 0 Å². The average molecular weight is 253 g/mol. The minimum Gasteiger partial charge on any atom is -0.343 e. The molecule has 2 heteroatoms. The van der Waals surface area contributed by atoms with Crippen LogP contribution in [-0.4, -0.2) is 23.9 Å². The fraction of sp³-hybridized carbons (Fsp3) is 0.938. The Kier molecular flexibility index (Phi) is 8.11. The Balaban J connectivity index is 1.93. The first-order chi connectivity index (χ1) is 8.74. The number of hydrogen-bond acceptors (Lipinski definition) is 1. The van der Waals surface area contributed by atoms with Crippen molar-refractivity contribution in [2.75, 3.05) is 13.1 Å². The van der Waals surface area contributed by atoms with E-state index in [1.807, 2.05) is 0 Å². The van der Waals surface area contributed by atoms with E-state index in [-0.39, 0.29) is 0 Å². The van der Waals surface area contributed by atoms with Gasteiger partial charge in [-0.25, -0.2) is 0 Å². The van der Waals surface area contributed by atoms with Crippen molar-refractivity contribution in [3.05, 3.63) is 0 Å². The summed E-state index contributed by atoms with van der Waals surface area (Å²) in [6.07, 6.45) is 12.7. The van der Waals surface area contributed by atoms with Crippen LogP contribution in [0.25, 0.3) is 0 Å². The summed E-state index contributed by atoms with van der Waals surface area (Å²) in [5, 5.41) is 0. The van der Waals surface area contributed by atoms with Gasteiger partial charge in [0.05, 0.1) is 0 Å². The molecule has 0 aromatic heterocycles. The highest BCUT2D eigenvalue weighted by Gasteiger charge is 2.21. The molecule has 1 aliphatic heterocycles. The fourth-order valence-corrected chi connectivity index (χ4v) is 2.70. The Bertz CT molecular complexity index is 227. The molecule has 0 radical (unpaired) electrons. The molecule has 1 aliphatic rings. The second-order valence-corrected chi connectivity index (χ2v) is 5.95. The highest BCUT2D eigenvalue weighted by molar-refractivity contribution is 5.77. The molecule has 1 heterocycles. The molecule has 0 saturated carbocycles. The van der Waals surface area contributed by atoms with Gasteiger partial charge in [-0.1, -0.05) is 58.8 Å². The van der Waals surface area contributed by atoms with Crippen molar-refractivity contribution in [3.8, 4) is 0 Å². The summed E-state index contributed by atoms with van der Waals surface area (Å²) in [6.45, 7) is 6.44. The van der Waals surface area contributed by atoms with Crippen molar-refractivity contribution < 1.29 is 4.79 Å². The topological polar surface area (TPSA) is 20.3 Å². The second-order valence-electron chi connectivity index (χ2n) is 5.95. The highest BCUT2D eigenvalue weighted by Crippen LogP contribution is 2.18. The minimum absolute atomic E-state index is 0.386. The summed E-state index contributed by atoms with van der Waals surface area (Å²) in [5.74, 6) is 0.990. The van der Waals surface area contributed by atoms with Crippen LogP contribution in [-0.2, 0) is 4.79 Å². The SMILES string of the molecule is CCCCCCCCCCN1CCC(C)CC1=O. The first-order valence-corrected chi connectivity index (χ1v) is 8.01. The van der Waals surface area contributed by atoms with Crippen molar-refractivity contribution >= 4 is 5.91 Å². The van der Waals surface area contributed by atoms with E-state index >= 15 is 0 Å². The van der Waals surface area contributed by atoms with Gasteiger partial charge >= 0.3 is 0 Å². The normalized spacial score (nSPS) is 20.4. The van der Waals surface area contributed by atoms with E-state index in [1.54, 1.807) is 0 Å². The molecule has 1 atom stereocenters. The van der Waals surface area contributed by atoms with Gasteiger partial charge in [-0.2, -0.15) is 0 Å². The highest BCUT2D eigenvalue weighted by atomic mass is 16.2. The molecule has 1 rings (SSSR count). The molecular formula is C16H31NO. The third kappa shape index (κ3) is 6.42. The van der Waals surface area contributed by atoms with E-state index in [1.165, 1.54) is 57.8 Å². The minimum atomic E-state index is 0.386. The number of nitrogens with zero attached hydrogens (tertiary/aromatic N) is 1. The number of unbranched alkanes of at least 4 members (excludes halogenated alkanes) is 7. The van der Waals surface area contributed by atoms with Crippen molar-refractivity contribution in [2.24, 2.45) is 5.92 Å². The zero-order valence-electron chi connectivity index (χ0n) is 12.4. The van der Waals surface area contributed by atoms with Crippen LogP contribution in [0.1, 0.15) is 78.1 Å². The molecule has 2 nitrogen and oxygen atoms in total. The van der Waals surface area contributed by atoms with Crippen molar-refractivity contribution in [1.82, 2.24) is 4.90 Å². The number of carbonyl (C=O) groups excluding carboxylic acids is 1. The molecule has 0 aliphatic carbocycles. The van der Waals surface area contributed by atoms with Gasteiger partial charge in [0.2, 0.25) is 5.91 Å². The molecule has 1 unspecified atom stereocenters. The van der Waals surface area contributed by atoms with Gasteiger partial charge in [0, 0.05) is 19.5 Å². The smallest absolute Gasteiger partial charge is 0.222 e. The van der Waals surface area contributed by atoms with E-state index in [0.717, 1.165) is 19.5 Å². The molecule has 1 fully saturated rings. The van der Waals surface area contributed by atoms with Crippen molar-refractivity contribution in [1.29, 1.82) is 0 Å².